The highest BCUT2D eigenvalue weighted by Gasteiger charge is 2.11. The fraction of sp³-hybridized carbons (Fsp3) is 0.167. The number of carbonyl (C=O) groups excluding carboxylic acids is 1. The van der Waals surface area contributed by atoms with Crippen molar-refractivity contribution in [2.24, 2.45) is 0 Å². The van der Waals surface area contributed by atoms with Gasteiger partial charge in [0.05, 0.1) is 12.2 Å². The number of hydrogen-bond acceptors (Lipinski definition) is 3. The van der Waals surface area contributed by atoms with Gasteiger partial charge in [-0.2, -0.15) is 0 Å². The number of nitrogens with one attached hydrogen (secondary N) is 1. The molecule has 0 atom stereocenters. The van der Waals surface area contributed by atoms with E-state index < -0.39 is 0 Å². The lowest BCUT2D eigenvalue weighted by Crippen LogP contribution is -2.12. The summed E-state index contributed by atoms with van der Waals surface area (Å²) in [7, 11) is 0. The normalized spacial score (nSPS) is 10.0. The number of benzene rings is 2. The Balaban J connectivity index is 2.10. The minimum atomic E-state index is -0.115. The van der Waals surface area contributed by atoms with E-state index in [4.69, 9.17) is 4.74 Å². The smallest absolute Gasteiger partial charge is 0.256 e. The fourth-order valence-electron chi connectivity index (χ4n) is 1.93. The van der Waals surface area contributed by atoms with Crippen LogP contribution in [-0.2, 0) is 0 Å². The predicted octanol–water partition coefficient (Wildman–Crippen LogP) is 4.62. The largest absolute Gasteiger partial charge is 0.494 e. The molecular weight excluding hydrogens is 294 g/mol. The fourth-order valence-corrected chi connectivity index (χ4v) is 2.72. The molecule has 4 heteroatoms. The highest BCUT2D eigenvalue weighted by molar-refractivity contribution is 7.99. The molecule has 1 amide bonds. The van der Waals surface area contributed by atoms with E-state index in [9.17, 15) is 4.79 Å². The van der Waals surface area contributed by atoms with Gasteiger partial charge in [-0.1, -0.05) is 18.2 Å². The third-order valence-electron chi connectivity index (χ3n) is 2.91. The van der Waals surface area contributed by atoms with E-state index in [-0.39, 0.29) is 5.91 Å². The molecule has 1 N–H and O–H groups in total. The first-order valence-corrected chi connectivity index (χ1v) is 8.10. The summed E-state index contributed by atoms with van der Waals surface area (Å²) in [5.41, 5.74) is 1.42. The number of carbonyl (C=O) groups is 1. The molecule has 0 aliphatic carbocycles. The molecule has 3 nitrogen and oxygen atoms in total. The topological polar surface area (TPSA) is 38.3 Å². The van der Waals surface area contributed by atoms with Gasteiger partial charge in [0.2, 0.25) is 0 Å². The SMILES string of the molecule is C=CCSc1ccccc1C(=O)Nc1ccc(OCC)cc1. The van der Waals surface area contributed by atoms with Gasteiger partial charge in [0.25, 0.3) is 5.91 Å². The van der Waals surface area contributed by atoms with Crippen LogP contribution in [-0.4, -0.2) is 18.3 Å². The third kappa shape index (κ3) is 4.40. The van der Waals surface area contributed by atoms with Crippen LogP contribution in [0.25, 0.3) is 0 Å². The van der Waals surface area contributed by atoms with Gasteiger partial charge in [-0.15, -0.1) is 18.3 Å². The quantitative estimate of drug-likeness (QED) is 0.599. The Hall–Kier alpha value is -2.20. The monoisotopic (exact) mass is 313 g/mol. The van der Waals surface area contributed by atoms with E-state index in [1.165, 1.54) is 0 Å². The summed E-state index contributed by atoms with van der Waals surface area (Å²) < 4.78 is 5.39. The van der Waals surface area contributed by atoms with Gasteiger partial charge in [-0.3, -0.25) is 4.79 Å². The van der Waals surface area contributed by atoms with Gasteiger partial charge in [0, 0.05) is 16.3 Å². The van der Waals surface area contributed by atoms with Gasteiger partial charge in [0.15, 0.2) is 0 Å². The van der Waals surface area contributed by atoms with Crippen LogP contribution in [0.15, 0.2) is 66.1 Å². The Kier molecular flexibility index (Phi) is 6.10. The van der Waals surface area contributed by atoms with E-state index in [0.717, 1.165) is 22.1 Å². The zero-order valence-electron chi connectivity index (χ0n) is 12.5. The number of hydrogen-bond donors (Lipinski definition) is 1. The lowest BCUT2D eigenvalue weighted by Gasteiger charge is -2.10. The molecule has 0 saturated carbocycles. The lowest BCUT2D eigenvalue weighted by molar-refractivity contribution is 0.102. The summed E-state index contributed by atoms with van der Waals surface area (Å²) in [6, 6.07) is 14.9. The molecule has 22 heavy (non-hydrogen) atoms. The standard InChI is InChI=1S/C18H19NO2S/c1-3-13-22-17-8-6-5-7-16(17)18(20)19-14-9-11-15(12-10-14)21-4-2/h3,5-12H,1,4,13H2,2H3,(H,19,20). The van der Waals surface area contributed by atoms with E-state index in [1.54, 1.807) is 11.8 Å². The Morgan fingerprint density at radius 1 is 1.23 bits per heavy atom. The zero-order chi connectivity index (χ0) is 15.8. The highest BCUT2D eigenvalue weighted by atomic mass is 32.2. The van der Waals surface area contributed by atoms with Crippen molar-refractivity contribution >= 4 is 23.4 Å². The summed E-state index contributed by atoms with van der Waals surface area (Å²) in [4.78, 5) is 13.4. The van der Waals surface area contributed by atoms with Crippen molar-refractivity contribution < 1.29 is 9.53 Å². The number of rotatable bonds is 7. The van der Waals surface area contributed by atoms with Gasteiger partial charge < -0.3 is 10.1 Å². The molecule has 0 spiro atoms. The molecule has 2 aromatic rings. The molecule has 0 aliphatic rings. The van der Waals surface area contributed by atoms with Crippen molar-refractivity contribution in [1.29, 1.82) is 0 Å². The number of thioether (sulfide) groups is 1. The third-order valence-corrected chi connectivity index (χ3v) is 3.98. The van der Waals surface area contributed by atoms with E-state index in [2.05, 4.69) is 11.9 Å². The predicted molar refractivity (Wildman–Crippen MR) is 92.9 cm³/mol. The lowest BCUT2D eigenvalue weighted by atomic mass is 10.2. The van der Waals surface area contributed by atoms with Crippen LogP contribution >= 0.6 is 11.8 Å². The summed E-state index contributed by atoms with van der Waals surface area (Å²) in [6.07, 6.45) is 1.83. The van der Waals surface area contributed by atoms with Crippen LogP contribution in [0, 0.1) is 0 Å². The highest BCUT2D eigenvalue weighted by Crippen LogP contribution is 2.24. The van der Waals surface area contributed by atoms with Crippen molar-refractivity contribution in [3.8, 4) is 5.75 Å². The Morgan fingerprint density at radius 3 is 2.64 bits per heavy atom. The minimum Gasteiger partial charge on any atom is -0.494 e. The Bertz CT molecular complexity index is 638. The van der Waals surface area contributed by atoms with Gasteiger partial charge in [-0.05, 0) is 43.3 Å². The van der Waals surface area contributed by atoms with Crippen LogP contribution in [0.1, 0.15) is 17.3 Å². The van der Waals surface area contributed by atoms with E-state index >= 15 is 0 Å². The first kappa shape index (κ1) is 16.2. The van der Waals surface area contributed by atoms with Crippen molar-refractivity contribution in [3.63, 3.8) is 0 Å². The zero-order valence-corrected chi connectivity index (χ0v) is 13.4. The number of amides is 1. The second kappa shape index (κ2) is 8.29. The number of anilines is 1. The molecule has 0 radical (unpaired) electrons. The minimum absolute atomic E-state index is 0.115. The molecule has 2 rings (SSSR count). The summed E-state index contributed by atoms with van der Waals surface area (Å²) in [5, 5.41) is 2.91. The average Bonchev–Trinajstić information content (AvgIpc) is 2.55. The molecule has 2 aromatic carbocycles. The molecular formula is C18H19NO2S. The van der Waals surface area contributed by atoms with Gasteiger partial charge in [-0.25, -0.2) is 0 Å². The Morgan fingerprint density at radius 2 is 1.95 bits per heavy atom. The molecule has 0 aliphatic heterocycles. The summed E-state index contributed by atoms with van der Waals surface area (Å²) in [5.74, 6) is 1.45. The van der Waals surface area contributed by atoms with Crippen LogP contribution < -0.4 is 10.1 Å². The molecule has 114 valence electrons. The maximum absolute atomic E-state index is 12.4. The molecule has 0 fully saturated rings. The van der Waals surface area contributed by atoms with Crippen LogP contribution in [0.4, 0.5) is 5.69 Å². The molecule has 0 bridgehead atoms. The van der Waals surface area contributed by atoms with Gasteiger partial charge >= 0.3 is 0 Å². The molecule has 0 saturated heterocycles. The van der Waals surface area contributed by atoms with Gasteiger partial charge in [0.1, 0.15) is 5.75 Å². The first-order valence-electron chi connectivity index (χ1n) is 7.11. The van der Waals surface area contributed by atoms with Crippen molar-refractivity contribution in [2.45, 2.75) is 11.8 Å². The van der Waals surface area contributed by atoms with Crippen molar-refractivity contribution in [3.05, 3.63) is 66.7 Å². The number of ether oxygens (including phenoxy) is 1. The van der Waals surface area contributed by atoms with E-state index in [1.807, 2.05) is 61.5 Å². The molecule has 0 unspecified atom stereocenters. The summed E-state index contributed by atoms with van der Waals surface area (Å²) >= 11 is 1.60. The second-order valence-corrected chi connectivity index (χ2v) is 5.57. The first-order chi connectivity index (χ1) is 10.7. The summed E-state index contributed by atoms with van der Waals surface area (Å²) in [6.45, 7) is 6.27. The van der Waals surface area contributed by atoms with Crippen LogP contribution in [0.5, 0.6) is 5.75 Å². The molecule has 0 heterocycles. The maximum atomic E-state index is 12.4. The van der Waals surface area contributed by atoms with Crippen molar-refractivity contribution in [1.82, 2.24) is 0 Å². The van der Waals surface area contributed by atoms with E-state index in [0.29, 0.717) is 12.2 Å². The van der Waals surface area contributed by atoms with Crippen molar-refractivity contribution in [2.75, 3.05) is 17.7 Å². The average molecular weight is 313 g/mol. The maximum Gasteiger partial charge on any atom is 0.256 e. The molecule has 0 aromatic heterocycles. The second-order valence-electron chi connectivity index (χ2n) is 4.51. The van der Waals surface area contributed by atoms with Crippen LogP contribution in [0.3, 0.4) is 0 Å². The van der Waals surface area contributed by atoms with Crippen LogP contribution in [0.2, 0.25) is 0 Å². The Labute approximate surface area is 135 Å².